The van der Waals surface area contributed by atoms with E-state index in [1.165, 1.54) is 7.11 Å². The smallest absolute Gasteiger partial charge is 0.343 e. The van der Waals surface area contributed by atoms with Gasteiger partial charge in [-0.2, -0.15) is 0 Å². The van der Waals surface area contributed by atoms with Gasteiger partial charge in [-0.3, -0.25) is 0 Å². The molecule has 0 heterocycles. The summed E-state index contributed by atoms with van der Waals surface area (Å²) in [5.74, 6) is 0.652. The molecule has 0 unspecified atom stereocenters. The summed E-state index contributed by atoms with van der Waals surface area (Å²) in [5.41, 5.74) is 2.01. The van der Waals surface area contributed by atoms with Gasteiger partial charge in [0.2, 0.25) is 0 Å². The molecule has 2 atom stereocenters. The fraction of sp³-hybridized carbons (Fsp3) is 0.606. The van der Waals surface area contributed by atoms with Gasteiger partial charge in [-0.1, -0.05) is 48.5 Å². The van der Waals surface area contributed by atoms with E-state index in [0.717, 1.165) is 12.0 Å². The van der Waals surface area contributed by atoms with Gasteiger partial charge in [0.25, 0.3) is 0 Å². The van der Waals surface area contributed by atoms with Crippen molar-refractivity contribution < 1.29 is 33.6 Å². The third kappa shape index (κ3) is 8.96. The number of hydrogen-bond acceptors (Lipinski definition) is 6. The van der Waals surface area contributed by atoms with Gasteiger partial charge in [0.1, 0.15) is 17.1 Å². The maximum atomic E-state index is 12.8. The second-order valence-corrected chi connectivity index (χ2v) is 18.1. The van der Waals surface area contributed by atoms with Crippen LogP contribution in [-0.2, 0) is 4.43 Å². The molecule has 0 spiro atoms. The minimum atomic E-state index is -2.20. The van der Waals surface area contributed by atoms with Crippen molar-refractivity contribution in [3.05, 3.63) is 46.5 Å². The average molecular weight is 589 g/mol. The van der Waals surface area contributed by atoms with Crippen LogP contribution in [0.3, 0.4) is 0 Å². The Bertz CT molecular complexity index is 1180. The van der Waals surface area contributed by atoms with Gasteiger partial charge in [-0.25, -0.2) is 4.79 Å². The van der Waals surface area contributed by atoms with E-state index in [0.29, 0.717) is 47.5 Å². The molecule has 2 aromatic rings. The largest absolute Gasteiger partial charge is 0.495 e. The topological polar surface area (TPSA) is 94.5 Å². The Kier molecular flexibility index (Phi) is 11.9. The van der Waals surface area contributed by atoms with Crippen LogP contribution in [0.1, 0.15) is 107 Å². The molecule has 7 nitrogen and oxygen atoms in total. The molecule has 0 saturated heterocycles. The molecule has 2 N–H and O–H groups in total. The first kappa shape index (κ1) is 34.6. The van der Waals surface area contributed by atoms with E-state index < -0.39 is 20.4 Å². The van der Waals surface area contributed by atoms with E-state index in [1.54, 1.807) is 13.0 Å². The SMILES string of the molecule is COc1c([C@H](CC(C)C)O[Si](C)(C)C(C)(C)C)ccc(Oc2c(OCCC(C)C)cc(C)cc2[C@@H](C)O)c1C(=O)O. The molecule has 230 valence electrons. The monoisotopic (exact) mass is 588 g/mol. The second kappa shape index (κ2) is 14.1. The highest BCUT2D eigenvalue weighted by molar-refractivity contribution is 6.74. The Labute approximate surface area is 248 Å². The number of methoxy groups -OCH3 is 1. The van der Waals surface area contributed by atoms with Crippen LogP contribution in [0.15, 0.2) is 24.3 Å². The highest BCUT2D eigenvalue weighted by Gasteiger charge is 2.40. The van der Waals surface area contributed by atoms with E-state index in [4.69, 9.17) is 18.6 Å². The molecule has 0 bridgehead atoms. The van der Waals surface area contributed by atoms with Gasteiger partial charge in [-0.05, 0) is 86.5 Å². The number of aliphatic hydroxyl groups excluding tert-OH is 1. The van der Waals surface area contributed by atoms with E-state index in [9.17, 15) is 15.0 Å². The first-order chi connectivity index (χ1) is 18.9. The van der Waals surface area contributed by atoms with Crippen LogP contribution < -0.4 is 14.2 Å². The van der Waals surface area contributed by atoms with E-state index in [-0.39, 0.29) is 28.2 Å². The molecule has 8 heteroatoms. The summed E-state index contributed by atoms with van der Waals surface area (Å²) in [6.07, 6.45) is 0.340. The number of rotatable bonds is 14. The molecule has 2 aromatic carbocycles. The van der Waals surface area contributed by atoms with Crippen LogP contribution in [0.4, 0.5) is 0 Å². The van der Waals surface area contributed by atoms with E-state index >= 15 is 0 Å². The number of aryl methyl sites for hydroxylation is 1. The van der Waals surface area contributed by atoms with Crippen molar-refractivity contribution in [3.8, 4) is 23.0 Å². The molecule has 0 amide bonds. The summed E-state index contributed by atoms with van der Waals surface area (Å²) in [7, 11) is -0.731. The lowest BCUT2D eigenvalue weighted by atomic mass is 9.96. The maximum absolute atomic E-state index is 12.8. The number of ether oxygens (including phenoxy) is 3. The van der Waals surface area contributed by atoms with Gasteiger partial charge < -0.3 is 28.8 Å². The van der Waals surface area contributed by atoms with Crippen LogP contribution in [0.2, 0.25) is 18.1 Å². The maximum Gasteiger partial charge on any atom is 0.343 e. The van der Waals surface area contributed by atoms with Crippen LogP contribution in [-0.4, -0.2) is 38.2 Å². The highest BCUT2D eigenvalue weighted by Crippen LogP contribution is 2.47. The first-order valence-electron chi connectivity index (χ1n) is 14.6. The van der Waals surface area contributed by atoms with Crippen LogP contribution in [0.5, 0.6) is 23.0 Å². The Hall–Kier alpha value is -2.55. The molecule has 41 heavy (non-hydrogen) atoms. The molecule has 0 fully saturated rings. The normalized spacial score (nSPS) is 13.8. The van der Waals surface area contributed by atoms with Crippen molar-refractivity contribution in [1.82, 2.24) is 0 Å². The zero-order valence-corrected chi connectivity index (χ0v) is 28.2. The minimum Gasteiger partial charge on any atom is -0.495 e. The number of carboxylic acid groups (broad SMARTS) is 1. The fourth-order valence-corrected chi connectivity index (χ4v) is 5.64. The zero-order valence-electron chi connectivity index (χ0n) is 27.2. The second-order valence-electron chi connectivity index (χ2n) is 13.4. The molecule has 0 radical (unpaired) electrons. The lowest BCUT2D eigenvalue weighted by molar-refractivity contribution is 0.0689. The Morgan fingerprint density at radius 1 is 0.951 bits per heavy atom. The van der Waals surface area contributed by atoms with Crippen molar-refractivity contribution in [2.45, 2.75) is 105 Å². The number of aliphatic hydroxyl groups is 1. The average Bonchev–Trinajstić information content (AvgIpc) is 2.82. The summed E-state index contributed by atoms with van der Waals surface area (Å²) in [4.78, 5) is 12.8. The van der Waals surface area contributed by atoms with Gasteiger partial charge in [-0.15, -0.1) is 0 Å². The molecule has 0 aliphatic carbocycles. The predicted octanol–water partition coefficient (Wildman–Crippen LogP) is 9.08. The molecule has 0 aliphatic heterocycles. The fourth-order valence-electron chi connectivity index (χ4n) is 4.35. The summed E-state index contributed by atoms with van der Waals surface area (Å²) < 4.78 is 25.1. The van der Waals surface area contributed by atoms with Gasteiger partial charge >= 0.3 is 5.97 Å². The van der Waals surface area contributed by atoms with E-state index in [1.807, 2.05) is 25.1 Å². The minimum absolute atomic E-state index is 0.0249. The zero-order chi connectivity index (χ0) is 31.3. The summed E-state index contributed by atoms with van der Waals surface area (Å²) in [6, 6.07) is 7.18. The van der Waals surface area contributed by atoms with Crippen LogP contribution >= 0.6 is 0 Å². The highest BCUT2D eigenvalue weighted by atomic mass is 28.4. The number of benzene rings is 2. The van der Waals surface area contributed by atoms with Crippen molar-refractivity contribution >= 4 is 14.3 Å². The van der Waals surface area contributed by atoms with Crippen molar-refractivity contribution in [3.63, 3.8) is 0 Å². The van der Waals surface area contributed by atoms with Crippen molar-refractivity contribution in [2.24, 2.45) is 11.8 Å². The van der Waals surface area contributed by atoms with Gasteiger partial charge in [0.05, 0.1) is 25.9 Å². The predicted molar refractivity (Wildman–Crippen MR) is 167 cm³/mol. The lowest BCUT2D eigenvalue weighted by Crippen LogP contribution is -2.42. The first-order valence-corrected chi connectivity index (χ1v) is 17.6. The lowest BCUT2D eigenvalue weighted by Gasteiger charge is -2.40. The Morgan fingerprint density at radius 3 is 2.07 bits per heavy atom. The van der Waals surface area contributed by atoms with Crippen molar-refractivity contribution in [2.75, 3.05) is 13.7 Å². The summed E-state index contributed by atoms with van der Waals surface area (Å²) >= 11 is 0. The Morgan fingerprint density at radius 2 is 1.59 bits per heavy atom. The molecule has 2 rings (SSSR count). The van der Waals surface area contributed by atoms with E-state index in [2.05, 4.69) is 61.6 Å². The number of carboxylic acids is 1. The number of hydrogen-bond donors (Lipinski definition) is 2. The van der Waals surface area contributed by atoms with Crippen molar-refractivity contribution in [1.29, 1.82) is 0 Å². The van der Waals surface area contributed by atoms with Gasteiger partial charge in [0, 0.05) is 11.1 Å². The third-order valence-corrected chi connectivity index (χ3v) is 12.2. The van der Waals surface area contributed by atoms with Crippen LogP contribution in [0.25, 0.3) is 0 Å². The quantitative estimate of drug-likeness (QED) is 0.213. The molecule has 0 aromatic heterocycles. The Balaban J connectivity index is 2.72. The standard InChI is InChI=1S/C33H52O7Si/c1-20(2)15-16-38-28-19-22(5)18-25(23(6)34)30(28)39-26-14-13-24(31(37-10)29(26)32(35)36)27(17-21(3)4)40-41(11,12)33(7,8)9/h13-14,18-21,23,27,34H,15-17H2,1-12H3,(H,35,36)/t23-,27+/m1/s1. The third-order valence-electron chi connectivity index (χ3n) is 7.69. The van der Waals surface area contributed by atoms with Crippen LogP contribution in [0, 0.1) is 18.8 Å². The summed E-state index contributed by atoms with van der Waals surface area (Å²) in [5, 5.41) is 21.0. The number of carbonyl (C=O) groups is 1. The molecule has 0 aliphatic rings. The summed E-state index contributed by atoms with van der Waals surface area (Å²) in [6.45, 7) is 23.5. The number of aromatic carboxylic acids is 1. The molecular weight excluding hydrogens is 536 g/mol. The molecular formula is C33H52O7Si. The molecule has 0 saturated carbocycles. The van der Waals surface area contributed by atoms with Gasteiger partial charge in [0.15, 0.2) is 19.8 Å².